The number of carbonyl (C=O) groups is 1. The molecule has 2 atom stereocenters. The van der Waals surface area contributed by atoms with Crippen molar-refractivity contribution in [1.82, 2.24) is 9.88 Å². The molecule has 2 unspecified atom stereocenters. The molecule has 0 aliphatic heterocycles. The second-order valence-electron chi connectivity index (χ2n) is 4.65. The normalized spacial score (nSPS) is 22.4. The first-order chi connectivity index (χ1) is 7.99. The number of rotatable bonds is 3. The smallest absolute Gasteiger partial charge is 0.256 e. The maximum absolute atomic E-state index is 12.2. The molecule has 1 aliphatic rings. The summed E-state index contributed by atoms with van der Waals surface area (Å²) in [4.78, 5) is 17.9. The van der Waals surface area contributed by atoms with Crippen LogP contribution in [0.2, 0.25) is 5.15 Å². The lowest BCUT2D eigenvalue weighted by atomic mass is 10.2. The van der Waals surface area contributed by atoms with Crippen molar-refractivity contribution in [3.63, 3.8) is 0 Å². The van der Waals surface area contributed by atoms with E-state index in [9.17, 15) is 4.79 Å². The van der Waals surface area contributed by atoms with Crippen molar-refractivity contribution in [3.05, 3.63) is 27.5 Å². The molecule has 0 radical (unpaired) electrons. The standard InChI is InChI=1S/C12H14BrClN2O/c1-7-3-8(7)6-16(2)12(17)10-4-9(13)5-15-11(10)14/h4-5,7-8H,3,6H2,1-2H3. The summed E-state index contributed by atoms with van der Waals surface area (Å²) in [7, 11) is 1.81. The second-order valence-corrected chi connectivity index (χ2v) is 5.92. The fraction of sp³-hybridized carbons (Fsp3) is 0.500. The number of pyridine rings is 1. The SMILES string of the molecule is CC1CC1CN(C)C(=O)c1cc(Br)cnc1Cl. The number of hydrogen-bond acceptors (Lipinski definition) is 2. The van der Waals surface area contributed by atoms with Crippen LogP contribution in [0.1, 0.15) is 23.7 Å². The first-order valence-electron chi connectivity index (χ1n) is 5.55. The van der Waals surface area contributed by atoms with Crippen molar-refractivity contribution >= 4 is 33.4 Å². The molecule has 1 amide bonds. The largest absolute Gasteiger partial charge is 0.341 e. The van der Waals surface area contributed by atoms with Crippen LogP contribution in [0.4, 0.5) is 0 Å². The summed E-state index contributed by atoms with van der Waals surface area (Å²) in [5, 5.41) is 0.258. The van der Waals surface area contributed by atoms with E-state index in [1.165, 1.54) is 6.42 Å². The maximum Gasteiger partial charge on any atom is 0.256 e. The third-order valence-electron chi connectivity index (χ3n) is 3.17. The zero-order valence-corrected chi connectivity index (χ0v) is 12.1. The molecule has 1 aromatic rings. The van der Waals surface area contributed by atoms with Crippen LogP contribution in [0.25, 0.3) is 0 Å². The highest BCUT2D eigenvalue weighted by molar-refractivity contribution is 9.10. The van der Waals surface area contributed by atoms with E-state index in [0.29, 0.717) is 11.5 Å². The molecule has 1 aliphatic carbocycles. The minimum atomic E-state index is -0.0668. The molecular formula is C12H14BrClN2O. The monoisotopic (exact) mass is 316 g/mol. The number of carbonyl (C=O) groups excluding carboxylic acids is 1. The summed E-state index contributed by atoms with van der Waals surface area (Å²) in [6.45, 7) is 3.00. The highest BCUT2D eigenvalue weighted by Gasteiger charge is 2.34. The molecule has 5 heteroatoms. The minimum Gasteiger partial charge on any atom is -0.341 e. The number of hydrogen-bond donors (Lipinski definition) is 0. The van der Waals surface area contributed by atoms with Crippen LogP contribution in [0.5, 0.6) is 0 Å². The van der Waals surface area contributed by atoms with Gasteiger partial charge in [-0.3, -0.25) is 4.79 Å². The van der Waals surface area contributed by atoms with E-state index in [4.69, 9.17) is 11.6 Å². The van der Waals surface area contributed by atoms with Gasteiger partial charge >= 0.3 is 0 Å². The van der Waals surface area contributed by atoms with Gasteiger partial charge in [-0.1, -0.05) is 18.5 Å². The van der Waals surface area contributed by atoms with Gasteiger partial charge in [-0.25, -0.2) is 4.98 Å². The van der Waals surface area contributed by atoms with E-state index in [1.54, 1.807) is 17.2 Å². The summed E-state index contributed by atoms with van der Waals surface area (Å²) in [6.07, 6.45) is 2.80. The van der Waals surface area contributed by atoms with Gasteiger partial charge in [0.1, 0.15) is 5.15 Å². The van der Waals surface area contributed by atoms with Crippen molar-refractivity contribution in [2.24, 2.45) is 11.8 Å². The molecule has 2 rings (SSSR count). The van der Waals surface area contributed by atoms with E-state index in [0.717, 1.165) is 16.9 Å². The zero-order chi connectivity index (χ0) is 12.6. The molecule has 0 N–H and O–H groups in total. The molecule has 1 heterocycles. The van der Waals surface area contributed by atoms with Crippen LogP contribution in [0.3, 0.4) is 0 Å². The van der Waals surface area contributed by atoms with Gasteiger partial charge in [-0.2, -0.15) is 0 Å². The molecule has 3 nitrogen and oxygen atoms in total. The Labute approximate surface area is 114 Å². The van der Waals surface area contributed by atoms with Gasteiger partial charge in [0.15, 0.2) is 0 Å². The summed E-state index contributed by atoms with van der Waals surface area (Å²) < 4.78 is 0.762. The van der Waals surface area contributed by atoms with Gasteiger partial charge in [0.05, 0.1) is 5.56 Å². The Morgan fingerprint density at radius 3 is 2.94 bits per heavy atom. The fourth-order valence-electron chi connectivity index (χ4n) is 1.87. The summed E-state index contributed by atoms with van der Waals surface area (Å²) in [5.41, 5.74) is 0.455. The first kappa shape index (κ1) is 12.8. The van der Waals surface area contributed by atoms with Crippen molar-refractivity contribution in [1.29, 1.82) is 0 Å². The molecule has 0 saturated heterocycles. The lowest BCUT2D eigenvalue weighted by molar-refractivity contribution is 0.0786. The highest BCUT2D eigenvalue weighted by atomic mass is 79.9. The molecule has 1 saturated carbocycles. The van der Waals surface area contributed by atoms with Crippen molar-refractivity contribution in [3.8, 4) is 0 Å². The van der Waals surface area contributed by atoms with Gasteiger partial charge in [0.25, 0.3) is 5.91 Å². The molecule has 0 spiro atoms. The Balaban J connectivity index is 2.10. The Morgan fingerprint density at radius 1 is 1.71 bits per heavy atom. The van der Waals surface area contributed by atoms with Gasteiger partial charge in [0, 0.05) is 24.3 Å². The van der Waals surface area contributed by atoms with Crippen LogP contribution in [-0.4, -0.2) is 29.4 Å². The van der Waals surface area contributed by atoms with E-state index >= 15 is 0 Å². The van der Waals surface area contributed by atoms with Crippen LogP contribution < -0.4 is 0 Å². The van der Waals surface area contributed by atoms with E-state index < -0.39 is 0 Å². The summed E-state index contributed by atoms with van der Waals surface area (Å²) in [5.74, 6) is 1.31. The summed E-state index contributed by atoms with van der Waals surface area (Å²) >= 11 is 9.23. The third-order valence-corrected chi connectivity index (χ3v) is 3.90. The quantitative estimate of drug-likeness (QED) is 0.802. The average Bonchev–Trinajstić information content (AvgIpc) is 2.96. The van der Waals surface area contributed by atoms with Gasteiger partial charge in [-0.05, 0) is 40.3 Å². The molecule has 17 heavy (non-hydrogen) atoms. The Kier molecular flexibility index (Phi) is 3.73. The molecule has 0 aromatic carbocycles. The van der Waals surface area contributed by atoms with Crippen LogP contribution in [0, 0.1) is 11.8 Å². The van der Waals surface area contributed by atoms with Crippen molar-refractivity contribution in [2.75, 3.05) is 13.6 Å². The maximum atomic E-state index is 12.2. The Morgan fingerprint density at radius 2 is 2.35 bits per heavy atom. The van der Waals surface area contributed by atoms with Crippen LogP contribution >= 0.6 is 27.5 Å². The third kappa shape index (κ3) is 2.99. The predicted octanol–water partition coefficient (Wildman–Crippen LogP) is 3.23. The van der Waals surface area contributed by atoms with Gasteiger partial charge < -0.3 is 4.90 Å². The van der Waals surface area contributed by atoms with E-state index in [1.807, 2.05) is 7.05 Å². The fourth-order valence-corrected chi connectivity index (χ4v) is 2.38. The van der Waals surface area contributed by atoms with Gasteiger partial charge in [-0.15, -0.1) is 0 Å². The van der Waals surface area contributed by atoms with Crippen molar-refractivity contribution < 1.29 is 4.79 Å². The molecule has 1 aromatic heterocycles. The summed E-state index contributed by atoms with van der Waals surface area (Å²) in [6, 6.07) is 1.71. The Bertz CT molecular complexity index is 452. The lowest BCUT2D eigenvalue weighted by Gasteiger charge is -2.17. The van der Waals surface area contributed by atoms with Gasteiger partial charge in [0.2, 0.25) is 0 Å². The van der Waals surface area contributed by atoms with Crippen LogP contribution in [0.15, 0.2) is 16.7 Å². The lowest BCUT2D eigenvalue weighted by Crippen LogP contribution is -2.29. The Hall–Kier alpha value is -0.610. The second kappa shape index (κ2) is 4.94. The number of halogens is 2. The average molecular weight is 318 g/mol. The minimum absolute atomic E-state index is 0.0668. The molecule has 1 fully saturated rings. The topological polar surface area (TPSA) is 33.2 Å². The molecule has 0 bridgehead atoms. The number of amides is 1. The van der Waals surface area contributed by atoms with E-state index in [-0.39, 0.29) is 11.1 Å². The zero-order valence-electron chi connectivity index (χ0n) is 9.78. The highest BCUT2D eigenvalue weighted by Crippen LogP contribution is 2.38. The molecule has 92 valence electrons. The predicted molar refractivity (Wildman–Crippen MR) is 71.2 cm³/mol. The van der Waals surface area contributed by atoms with Crippen molar-refractivity contribution in [2.45, 2.75) is 13.3 Å². The number of aromatic nitrogens is 1. The van der Waals surface area contributed by atoms with Crippen LogP contribution in [-0.2, 0) is 0 Å². The molecular weight excluding hydrogens is 304 g/mol. The number of nitrogens with zero attached hydrogens (tertiary/aromatic N) is 2. The van der Waals surface area contributed by atoms with E-state index in [2.05, 4.69) is 27.8 Å². The first-order valence-corrected chi connectivity index (χ1v) is 6.72.